The molecular formula is C75H63F21Ir5N15S3-7. The number of aryl methyl sites for hydroxylation is 9. The third kappa shape index (κ3) is 31.6. The zero-order chi connectivity index (χ0) is 84.6. The largest absolute Gasteiger partial charge is 0.573 e. The number of halogens is 21. The molecule has 0 amide bonds. The van der Waals surface area contributed by atoms with Crippen LogP contribution >= 0.6 is 30.7 Å². The van der Waals surface area contributed by atoms with E-state index in [1.165, 1.54) is 113 Å². The minimum atomic E-state index is -9.73. The fourth-order valence-electron chi connectivity index (χ4n) is 9.65. The zero-order valence-electron chi connectivity index (χ0n) is 62.6. The molecule has 15 nitrogen and oxygen atoms in total. The van der Waals surface area contributed by atoms with Gasteiger partial charge in [0.05, 0.1) is 18.0 Å². The van der Waals surface area contributed by atoms with Gasteiger partial charge in [-0.15, -0.1) is 159 Å². The van der Waals surface area contributed by atoms with Crippen LogP contribution in [0.15, 0.2) is 216 Å². The summed E-state index contributed by atoms with van der Waals surface area (Å²) >= 11 is 0. The van der Waals surface area contributed by atoms with Gasteiger partial charge in [0.15, 0.2) is 0 Å². The summed E-state index contributed by atoms with van der Waals surface area (Å²) in [5, 5.41) is 16.8. The number of benzene rings is 5. The smallest absolute Gasteiger partial charge is 0.431 e. The van der Waals surface area contributed by atoms with Crippen LogP contribution in [-0.2, 0) is 141 Å². The Labute approximate surface area is 736 Å². The first-order chi connectivity index (χ1) is 52.2. The fourth-order valence-corrected chi connectivity index (χ4v) is 11.8. The summed E-state index contributed by atoms with van der Waals surface area (Å²) < 4.78 is 271. The molecule has 119 heavy (non-hydrogen) atoms. The Balaban J connectivity index is 0.000000358. The first-order valence-corrected chi connectivity index (χ1v) is 38.3. The van der Waals surface area contributed by atoms with E-state index in [1.807, 2.05) is 62.6 Å². The minimum Gasteiger partial charge on any atom is -0.573 e. The molecule has 0 unspecified atom stereocenters. The molecule has 9 aromatic heterocycles. The number of imidazole rings is 3. The van der Waals surface area contributed by atoms with Crippen molar-refractivity contribution in [3.05, 3.63) is 277 Å². The second-order valence-electron chi connectivity index (χ2n) is 25.1. The van der Waals surface area contributed by atoms with E-state index in [9.17, 15) is 84.6 Å². The van der Waals surface area contributed by atoms with Crippen LogP contribution in [0.1, 0.15) is 44.9 Å². The number of hydrogen-bond acceptors (Lipinski definition) is 9. The average molecular weight is 2630 g/mol. The molecule has 44 heteroatoms. The van der Waals surface area contributed by atoms with Crippen LogP contribution in [0.2, 0.25) is 0 Å². The predicted molar refractivity (Wildman–Crippen MR) is 393 cm³/mol. The van der Waals surface area contributed by atoms with Crippen LogP contribution < -0.4 is 10.2 Å². The topological polar surface area (TPSA) is 164 Å². The summed E-state index contributed by atoms with van der Waals surface area (Å²) in [5.41, 5.74) is 5.94. The normalized spacial score (nSPS) is 12.9. The third-order valence-corrected chi connectivity index (χ3v) is 18.2. The molecule has 0 aliphatic rings. The second kappa shape index (κ2) is 38.0. The molecule has 0 aliphatic carbocycles. The maximum atomic E-state index is 12.8. The summed E-state index contributed by atoms with van der Waals surface area (Å²) in [6, 6.07) is 47.8. The van der Waals surface area contributed by atoms with Gasteiger partial charge in [-0.05, 0) is 61.3 Å². The van der Waals surface area contributed by atoms with Crippen molar-refractivity contribution in [1.29, 1.82) is 0 Å². The van der Waals surface area contributed by atoms with Crippen LogP contribution in [0.25, 0.3) is 79.3 Å². The van der Waals surface area contributed by atoms with Crippen LogP contribution in [-0.4, -0.2) is 63.6 Å². The number of alkyl halides is 6. The molecule has 9 heterocycles. The Morgan fingerprint density at radius 2 is 0.765 bits per heavy atom. The number of aromatic nitrogens is 15. The Bertz CT molecular complexity index is 5460. The fraction of sp³-hybridized carbons (Fsp3) is 0.160. The summed E-state index contributed by atoms with van der Waals surface area (Å²) in [5.74, 6) is 1.12. The van der Waals surface area contributed by atoms with Crippen LogP contribution in [0.3, 0.4) is 0 Å². The quantitative estimate of drug-likeness (QED) is 0.0945. The van der Waals surface area contributed by atoms with Gasteiger partial charge < -0.3 is 39.1 Å². The van der Waals surface area contributed by atoms with Gasteiger partial charge in [0.1, 0.15) is 11.4 Å². The van der Waals surface area contributed by atoms with E-state index in [2.05, 4.69) is 98.1 Å². The van der Waals surface area contributed by atoms with Crippen molar-refractivity contribution in [2.75, 3.05) is 0 Å². The van der Waals surface area contributed by atoms with E-state index in [-0.39, 0.29) is 163 Å². The summed E-state index contributed by atoms with van der Waals surface area (Å²) in [7, 11) is -22.4. The first-order valence-electron chi connectivity index (χ1n) is 32.4. The first kappa shape index (κ1) is 105. The molecule has 0 atom stereocenters. The predicted octanol–water partition coefficient (Wildman–Crippen LogP) is 24.1. The van der Waals surface area contributed by atoms with Crippen molar-refractivity contribution in [1.82, 2.24) is 73.8 Å². The van der Waals surface area contributed by atoms with Gasteiger partial charge in [-0.3, -0.25) is 29.6 Å². The maximum absolute atomic E-state index is 12.8. The van der Waals surface area contributed by atoms with Crippen LogP contribution in [0.5, 0.6) is 0 Å². The molecule has 655 valence electrons. The number of nitrogens with zero attached hydrogens (tertiary/aromatic N) is 15. The molecule has 0 spiro atoms. The van der Waals surface area contributed by atoms with Gasteiger partial charge in [-0.1, -0.05) is 135 Å². The van der Waals surface area contributed by atoms with E-state index >= 15 is 0 Å². The monoisotopic (exact) mass is 2630 g/mol. The second-order valence-corrected chi connectivity index (χ2v) is 32.2. The van der Waals surface area contributed by atoms with Crippen molar-refractivity contribution in [3.8, 4) is 79.3 Å². The van der Waals surface area contributed by atoms with Gasteiger partial charge >= 0.3 is 12.4 Å². The van der Waals surface area contributed by atoms with E-state index in [0.29, 0.717) is 29.6 Å². The average Bonchev–Trinajstić information content (AvgIpc) is 1.45. The zero-order valence-corrected chi connectivity index (χ0v) is 77.0. The number of pyridine rings is 3. The van der Waals surface area contributed by atoms with Crippen LogP contribution in [0.4, 0.5) is 84.6 Å². The molecule has 0 aliphatic heterocycles. The minimum absolute atomic E-state index is 0. The summed E-state index contributed by atoms with van der Waals surface area (Å²) in [6.07, 6.45) is 4.90. The molecule has 0 fully saturated rings. The van der Waals surface area contributed by atoms with E-state index < -0.39 is 69.1 Å². The van der Waals surface area contributed by atoms with Gasteiger partial charge in [0.2, 0.25) is 0 Å². The Morgan fingerprint density at radius 1 is 0.370 bits per heavy atom. The van der Waals surface area contributed by atoms with Crippen molar-refractivity contribution < 1.29 is 185 Å². The number of rotatable bonds is 10. The number of hydrogen-bond donors (Lipinski definition) is 0. The van der Waals surface area contributed by atoms with E-state index in [0.717, 1.165) is 40.5 Å². The SMILES string of the molecule is Cc1cc(-c2ccn(C)n2)[c-]c(S(F)(F)(F)(F)F)c1.Cc1cc(-c2cn(C)cn2)[c-]c(S(F)(F)(F)(F)F)c1.Cc1cc(-c2nccn2C)[c-]c(S(F)(F)(F)(F)F)c1.Cc1cc[c-]c(-c2ccccn2)c1.Cc1cc[c-]c(-c2ncc(C)n2C)c1.FC(F)(F)c1cc(-c2ccccn2)[n-]n1.FC(F)(F)c1cc(-c2ccccn2)[n-]n1.[Ir].[Ir].[Ir].[Ir].[Ir]. The van der Waals surface area contributed by atoms with Crippen LogP contribution in [0, 0.1) is 71.9 Å². The molecule has 0 bridgehead atoms. The molecular weight excluding hydrogens is 2570 g/mol. The molecule has 0 saturated carbocycles. The van der Waals surface area contributed by atoms with Gasteiger partial charge in [-0.25, -0.2) is 5.10 Å². The third-order valence-electron chi connectivity index (χ3n) is 15.1. The molecule has 5 aromatic carbocycles. The summed E-state index contributed by atoms with van der Waals surface area (Å²) in [4.78, 5) is 18.0. The summed E-state index contributed by atoms with van der Waals surface area (Å²) in [6.45, 7) is 10.1. The van der Waals surface area contributed by atoms with Crippen molar-refractivity contribution in [3.63, 3.8) is 0 Å². The van der Waals surface area contributed by atoms with Crippen molar-refractivity contribution >= 4 is 30.7 Å². The molecule has 0 saturated heterocycles. The standard InChI is InChI=1S/C12H13N2.C12H10N.3C11H10F5N2S.2C9H5F3N3.5Ir/c1-9-5-4-6-11(7-9)12-13-8-10(2)14(12)3;1-10-5-4-6-11(9-10)12-7-2-3-8-13-12;1-8-3-9(11-6-18(2)7-17-11)5-10(4-8)19(12,13,14,15)16;1-8-5-9(11-17-3-4-18(11)2)7-10(6-8)19(12,13,14,15)16;1-8-5-9(11-3-4-18(2)17-11)7-10(6-8)19(12,13,14,15)16;2*10-9(11,12)8-5-7(14-15-8)6-3-1-2-4-13-6;;;;;/h4-5,7-8H,1-3H3;2-5,7-9H,1H3;3-4,6-7H,1-2H3;2*3-6H,1-2H3;2*1-5H;;;;;/q7*-1;;;;;. The van der Waals surface area contributed by atoms with Gasteiger partial charge in [-0.2, -0.15) is 26.3 Å². The van der Waals surface area contributed by atoms with Gasteiger partial charge in [0.25, 0.3) is 30.7 Å². The van der Waals surface area contributed by atoms with E-state index in [4.69, 9.17) is 0 Å². The molecule has 5 radical (unpaired) electrons. The van der Waals surface area contributed by atoms with E-state index in [1.54, 1.807) is 81.9 Å². The van der Waals surface area contributed by atoms with Gasteiger partial charge in [0, 0.05) is 215 Å². The van der Waals surface area contributed by atoms with Crippen molar-refractivity contribution in [2.24, 2.45) is 28.2 Å². The van der Waals surface area contributed by atoms with Crippen molar-refractivity contribution in [2.45, 2.75) is 68.6 Å². The Hall–Kier alpha value is -8.36. The molecule has 14 aromatic rings. The molecule has 0 N–H and O–H groups in total. The Kier molecular flexibility index (Phi) is 33.4. The Morgan fingerprint density at radius 3 is 1.10 bits per heavy atom. The maximum Gasteiger partial charge on any atom is 0.431 e. The molecule has 14 rings (SSSR count).